The van der Waals surface area contributed by atoms with Crippen LogP contribution >= 0.6 is 0 Å². The van der Waals surface area contributed by atoms with Gasteiger partial charge in [0, 0.05) is 19.3 Å². The van der Waals surface area contributed by atoms with Gasteiger partial charge in [-0.2, -0.15) is 0 Å². The van der Waals surface area contributed by atoms with Gasteiger partial charge in [-0.25, -0.2) is 0 Å². The lowest BCUT2D eigenvalue weighted by molar-refractivity contribution is -0.200. The summed E-state index contributed by atoms with van der Waals surface area (Å²) in [4.78, 5) is 23.7. The first-order chi connectivity index (χ1) is 17.7. The quantitative estimate of drug-likeness (QED) is 0.461. The lowest BCUT2D eigenvalue weighted by Gasteiger charge is -2.59. The van der Waals surface area contributed by atoms with Crippen LogP contribution < -0.4 is 0 Å². The molecule has 4 unspecified atom stereocenters. The number of hydrogen-bond donors (Lipinski definition) is 1. The first-order valence-corrected chi connectivity index (χ1v) is 15.4. The Morgan fingerprint density at radius 3 is 2.26 bits per heavy atom. The Hall–Kier alpha value is -1.14. The second kappa shape index (κ2) is 8.44. The summed E-state index contributed by atoms with van der Waals surface area (Å²) in [6.07, 6.45) is 11.1. The minimum Gasteiger partial charge on any atom is -0.462 e. The molecule has 1 aliphatic heterocycles. The molecule has 6 fully saturated rings. The Morgan fingerprint density at radius 2 is 1.61 bits per heavy atom. The van der Waals surface area contributed by atoms with E-state index in [1.165, 1.54) is 45.4 Å². The van der Waals surface area contributed by atoms with Crippen LogP contribution in [0.5, 0.6) is 0 Å². The summed E-state index contributed by atoms with van der Waals surface area (Å²) in [5.41, 5.74) is 0.0774. The molecular weight excluding hydrogens is 480 g/mol. The van der Waals surface area contributed by atoms with Crippen molar-refractivity contribution in [2.45, 2.75) is 143 Å². The molecule has 0 bridgehead atoms. The number of ether oxygens (including phenoxy) is 3. The number of esters is 2. The number of carbonyl (C=O) groups excluding carboxylic acids is 2. The van der Waals surface area contributed by atoms with Gasteiger partial charge >= 0.3 is 11.9 Å². The molecule has 1 N–H and O–H groups in total. The highest BCUT2D eigenvalue weighted by Crippen LogP contribution is 2.87. The molecule has 0 aromatic heterocycles. The van der Waals surface area contributed by atoms with E-state index >= 15 is 0 Å². The molecule has 38 heavy (non-hydrogen) atoms. The summed E-state index contributed by atoms with van der Waals surface area (Å²) in [5, 5.41) is 10.8. The fourth-order valence-corrected chi connectivity index (χ4v) is 11.7. The maximum Gasteiger partial charge on any atom is 0.303 e. The molecule has 0 amide bonds. The number of fused-ring (bicyclic) bond motifs is 4. The van der Waals surface area contributed by atoms with E-state index in [2.05, 4.69) is 20.8 Å². The maximum absolute atomic E-state index is 11.9. The van der Waals surface area contributed by atoms with Crippen LogP contribution in [0.3, 0.4) is 0 Å². The Labute approximate surface area is 228 Å². The van der Waals surface area contributed by atoms with Crippen LogP contribution in [0.4, 0.5) is 0 Å². The van der Waals surface area contributed by atoms with Gasteiger partial charge in [0.15, 0.2) is 6.10 Å². The predicted molar refractivity (Wildman–Crippen MR) is 143 cm³/mol. The molecule has 1 heterocycles. The SMILES string of the molecule is CC(=O)O[C@H]1CCC23C[C@]24CCC2(C)C(C[C@H]5O[C@@H]([C@H](OC(C)=O)C(C)(C)O)CC[C@@H]52)C4CC[C@H]3C1(C)C. The third kappa shape index (κ3) is 3.63. The minimum atomic E-state index is -1.14. The molecule has 6 aliphatic rings. The highest BCUT2D eigenvalue weighted by Gasteiger charge is 2.80. The fraction of sp³-hybridized carbons (Fsp3) is 0.938. The lowest BCUT2D eigenvalue weighted by Crippen LogP contribution is -2.55. The van der Waals surface area contributed by atoms with Gasteiger partial charge in [-0.3, -0.25) is 9.59 Å². The maximum atomic E-state index is 11.9. The summed E-state index contributed by atoms with van der Waals surface area (Å²) in [5.74, 6) is 2.11. The number of rotatable bonds is 4. The zero-order valence-corrected chi connectivity index (χ0v) is 24.7. The number of carbonyl (C=O) groups is 2. The third-order valence-corrected chi connectivity index (χ3v) is 13.2. The van der Waals surface area contributed by atoms with E-state index in [1.807, 2.05) is 0 Å². The van der Waals surface area contributed by atoms with Crippen LogP contribution in [-0.4, -0.2) is 47.1 Å². The van der Waals surface area contributed by atoms with Crippen molar-refractivity contribution in [3.05, 3.63) is 0 Å². The minimum absolute atomic E-state index is 0.0297. The average Bonchev–Trinajstić information content (AvgIpc) is 3.38. The monoisotopic (exact) mass is 530 g/mol. The second-order valence-electron chi connectivity index (χ2n) is 15.6. The van der Waals surface area contributed by atoms with Crippen molar-refractivity contribution in [1.29, 1.82) is 0 Å². The Kier molecular flexibility index (Phi) is 6.01. The van der Waals surface area contributed by atoms with E-state index in [0.717, 1.165) is 31.6 Å². The molecule has 11 atom stereocenters. The summed E-state index contributed by atoms with van der Waals surface area (Å²) >= 11 is 0. The summed E-state index contributed by atoms with van der Waals surface area (Å²) in [7, 11) is 0. The molecule has 2 spiro atoms. The summed E-state index contributed by atoms with van der Waals surface area (Å²) in [6.45, 7) is 13.7. The average molecular weight is 531 g/mol. The van der Waals surface area contributed by atoms with Crippen molar-refractivity contribution in [3.8, 4) is 0 Å². The largest absolute Gasteiger partial charge is 0.462 e. The molecule has 5 saturated carbocycles. The summed E-state index contributed by atoms with van der Waals surface area (Å²) in [6, 6.07) is 0. The smallest absolute Gasteiger partial charge is 0.303 e. The normalized spacial score (nSPS) is 49.3. The van der Waals surface area contributed by atoms with Gasteiger partial charge in [0.05, 0.1) is 17.8 Å². The van der Waals surface area contributed by atoms with Gasteiger partial charge < -0.3 is 19.3 Å². The lowest BCUT2D eigenvalue weighted by atomic mass is 9.46. The van der Waals surface area contributed by atoms with E-state index in [1.54, 1.807) is 20.8 Å². The van der Waals surface area contributed by atoms with Crippen LogP contribution in [0.15, 0.2) is 0 Å². The molecular formula is C32H50O6. The van der Waals surface area contributed by atoms with Crippen LogP contribution in [0.2, 0.25) is 0 Å². The van der Waals surface area contributed by atoms with Crippen molar-refractivity contribution >= 4 is 11.9 Å². The van der Waals surface area contributed by atoms with Crippen LogP contribution in [0, 0.1) is 45.3 Å². The molecule has 0 aromatic rings. The van der Waals surface area contributed by atoms with Gasteiger partial charge in [0.1, 0.15) is 6.10 Å². The topological polar surface area (TPSA) is 82.1 Å². The van der Waals surface area contributed by atoms with Crippen molar-refractivity contribution in [2.75, 3.05) is 0 Å². The van der Waals surface area contributed by atoms with Gasteiger partial charge in [-0.15, -0.1) is 0 Å². The molecule has 5 aliphatic carbocycles. The molecule has 214 valence electrons. The van der Waals surface area contributed by atoms with Crippen LogP contribution in [0.1, 0.15) is 113 Å². The zero-order valence-electron chi connectivity index (χ0n) is 24.7. The molecule has 6 rings (SSSR count). The van der Waals surface area contributed by atoms with Crippen LogP contribution in [-0.2, 0) is 23.8 Å². The zero-order chi connectivity index (χ0) is 27.5. The highest BCUT2D eigenvalue weighted by molar-refractivity contribution is 5.66. The fourth-order valence-electron chi connectivity index (χ4n) is 11.7. The number of hydrogen-bond acceptors (Lipinski definition) is 6. The van der Waals surface area contributed by atoms with E-state index in [9.17, 15) is 14.7 Å². The Balaban J connectivity index is 1.23. The first-order valence-electron chi connectivity index (χ1n) is 15.4. The standard InChI is InChI=1S/C32H50O6/c1-18(33)36-26-12-13-32-17-31(32)15-14-30(7)21-8-10-23(27(29(5,6)35)37-19(2)34)38-24(21)16-22(30)20(31)9-11-25(32)28(26,3)4/h20-27,35H,8-17H2,1-7H3/t20?,21-,22?,23+,24+,25-,26-,27-,30?,31-,32?/m0/s1. The van der Waals surface area contributed by atoms with Gasteiger partial charge in [-0.1, -0.05) is 20.8 Å². The van der Waals surface area contributed by atoms with Gasteiger partial charge in [-0.05, 0) is 118 Å². The molecule has 1 saturated heterocycles. The first kappa shape index (κ1) is 27.1. The van der Waals surface area contributed by atoms with Crippen molar-refractivity contribution in [3.63, 3.8) is 0 Å². The van der Waals surface area contributed by atoms with E-state index < -0.39 is 11.7 Å². The van der Waals surface area contributed by atoms with Crippen molar-refractivity contribution < 1.29 is 28.9 Å². The van der Waals surface area contributed by atoms with E-state index in [0.29, 0.717) is 34.0 Å². The molecule has 6 heteroatoms. The molecule has 6 nitrogen and oxygen atoms in total. The highest BCUT2D eigenvalue weighted by atomic mass is 16.6. The predicted octanol–water partition coefficient (Wildman–Crippen LogP) is 5.83. The molecule has 0 radical (unpaired) electrons. The Morgan fingerprint density at radius 1 is 0.895 bits per heavy atom. The Bertz CT molecular complexity index is 998. The van der Waals surface area contributed by atoms with E-state index in [4.69, 9.17) is 14.2 Å². The van der Waals surface area contributed by atoms with Gasteiger partial charge in [0.2, 0.25) is 0 Å². The summed E-state index contributed by atoms with van der Waals surface area (Å²) < 4.78 is 18.3. The van der Waals surface area contributed by atoms with Crippen molar-refractivity contribution in [2.24, 2.45) is 45.3 Å². The second-order valence-corrected chi connectivity index (χ2v) is 15.6. The molecule has 0 aromatic carbocycles. The third-order valence-electron chi connectivity index (χ3n) is 13.2. The van der Waals surface area contributed by atoms with Crippen LogP contribution in [0.25, 0.3) is 0 Å². The van der Waals surface area contributed by atoms with E-state index in [-0.39, 0.29) is 35.7 Å². The van der Waals surface area contributed by atoms with Gasteiger partial charge in [0.25, 0.3) is 0 Å². The van der Waals surface area contributed by atoms with Crippen molar-refractivity contribution in [1.82, 2.24) is 0 Å². The number of aliphatic hydroxyl groups is 1.